The molecule has 1 atom stereocenters. The van der Waals surface area contributed by atoms with Crippen molar-refractivity contribution in [3.8, 4) is 16.9 Å². The van der Waals surface area contributed by atoms with E-state index in [1.807, 2.05) is 10.9 Å². The highest BCUT2D eigenvalue weighted by Crippen LogP contribution is 2.47. The summed E-state index contributed by atoms with van der Waals surface area (Å²) in [5.41, 5.74) is 4.27. The Kier molecular flexibility index (Phi) is 3.75. The van der Waals surface area contributed by atoms with Crippen molar-refractivity contribution in [3.05, 3.63) is 30.1 Å². The zero-order chi connectivity index (χ0) is 18.8. The molecule has 6 heteroatoms. The molecule has 0 bridgehead atoms. The molecule has 0 spiro atoms. The maximum Gasteiger partial charge on any atom is 0.255 e. The second-order valence-corrected chi connectivity index (χ2v) is 8.38. The highest BCUT2D eigenvalue weighted by atomic mass is 19.3. The van der Waals surface area contributed by atoms with Crippen LogP contribution >= 0.6 is 0 Å². The number of benzene rings is 1. The monoisotopic (exact) mass is 373 g/mol. The molecule has 0 saturated heterocycles. The van der Waals surface area contributed by atoms with Gasteiger partial charge in [0.05, 0.1) is 12.2 Å². The number of ether oxygens (including phenoxy) is 1. The summed E-state index contributed by atoms with van der Waals surface area (Å²) in [6.45, 7) is 2.21. The first kappa shape index (κ1) is 17.0. The molecule has 0 radical (unpaired) electrons. The van der Waals surface area contributed by atoms with Crippen molar-refractivity contribution in [2.45, 2.75) is 69.6 Å². The van der Waals surface area contributed by atoms with Gasteiger partial charge in [-0.05, 0) is 44.7 Å². The number of fused-ring (bicyclic) bond motifs is 1. The molecule has 144 valence electrons. The second kappa shape index (κ2) is 5.94. The van der Waals surface area contributed by atoms with E-state index in [1.54, 1.807) is 0 Å². The van der Waals surface area contributed by atoms with E-state index in [-0.39, 0.29) is 12.8 Å². The van der Waals surface area contributed by atoms with Crippen molar-refractivity contribution < 1.29 is 13.5 Å². The summed E-state index contributed by atoms with van der Waals surface area (Å²) < 4.78 is 34.9. The average Bonchev–Trinajstić information content (AvgIpc) is 3.34. The van der Waals surface area contributed by atoms with Crippen LogP contribution in [0.4, 0.5) is 14.5 Å². The first-order valence-electron chi connectivity index (χ1n) is 9.89. The molecule has 1 aromatic heterocycles. The third-order valence-electron chi connectivity index (χ3n) is 6.26. The molecule has 2 heterocycles. The lowest BCUT2D eigenvalue weighted by Gasteiger charge is -2.39. The summed E-state index contributed by atoms with van der Waals surface area (Å²) >= 11 is 0. The summed E-state index contributed by atoms with van der Waals surface area (Å²) in [5.74, 6) is -1.80. The topological polar surface area (TPSA) is 30.3 Å². The second-order valence-electron chi connectivity index (χ2n) is 8.38. The van der Waals surface area contributed by atoms with Crippen molar-refractivity contribution in [3.63, 3.8) is 0 Å². The Hall–Kier alpha value is -2.11. The Morgan fingerprint density at radius 3 is 2.67 bits per heavy atom. The Bertz CT molecular complexity index is 866. The molecular weight excluding hydrogens is 348 g/mol. The number of nitrogens with zero attached hydrogens (tertiary/aromatic N) is 3. The van der Waals surface area contributed by atoms with E-state index < -0.39 is 12.0 Å². The minimum absolute atomic E-state index is 0.191. The van der Waals surface area contributed by atoms with Crippen LogP contribution in [0.15, 0.2) is 24.5 Å². The molecule has 2 fully saturated rings. The highest BCUT2D eigenvalue weighted by Gasteiger charge is 2.47. The normalized spacial score (nSPS) is 24.4. The Balaban J connectivity index is 1.55. The van der Waals surface area contributed by atoms with Crippen LogP contribution < -0.4 is 9.64 Å². The summed E-state index contributed by atoms with van der Waals surface area (Å²) in [7, 11) is 2.09. The fraction of sp³-hybridized carbons (Fsp3) is 0.571. The van der Waals surface area contributed by atoms with Crippen LogP contribution in [-0.2, 0) is 6.42 Å². The van der Waals surface area contributed by atoms with Gasteiger partial charge in [0.25, 0.3) is 5.92 Å². The molecule has 27 heavy (non-hydrogen) atoms. The summed E-state index contributed by atoms with van der Waals surface area (Å²) in [6, 6.07) is 5.17. The Labute approximate surface area is 158 Å². The smallest absolute Gasteiger partial charge is 0.255 e. The van der Waals surface area contributed by atoms with Gasteiger partial charge in [0.1, 0.15) is 11.9 Å². The third kappa shape index (κ3) is 2.99. The average molecular weight is 373 g/mol. The molecule has 2 aliphatic carbocycles. The fourth-order valence-corrected chi connectivity index (χ4v) is 4.21. The van der Waals surface area contributed by atoms with Crippen molar-refractivity contribution in [1.82, 2.24) is 9.78 Å². The van der Waals surface area contributed by atoms with Crippen molar-refractivity contribution in [2.75, 3.05) is 11.9 Å². The maximum absolute atomic E-state index is 13.4. The molecule has 2 saturated carbocycles. The predicted molar refractivity (Wildman–Crippen MR) is 101 cm³/mol. The fourth-order valence-electron chi connectivity index (χ4n) is 4.21. The van der Waals surface area contributed by atoms with Crippen LogP contribution in [0.5, 0.6) is 5.75 Å². The number of halogens is 2. The minimum Gasteiger partial charge on any atom is -0.489 e. The van der Waals surface area contributed by atoms with Crippen LogP contribution in [0.3, 0.4) is 0 Å². The molecule has 1 unspecified atom stereocenters. The van der Waals surface area contributed by atoms with E-state index in [0.29, 0.717) is 12.1 Å². The van der Waals surface area contributed by atoms with Crippen LogP contribution in [0, 0.1) is 0 Å². The summed E-state index contributed by atoms with van der Waals surface area (Å²) in [6.07, 6.45) is 7.44. The van der Waals surface area contributed by atoms with Crippen molar-refractivity contribution >= 4 is 5.69 Å². The Morgan fingerprint density at radius 1 is 1.19 bits per heavy atom. The van der Waals surface area contributed by atoms with E-state index in [2.05, 4.69) is 42.3 Å². The first-order chi connectivity index (χ1) is 12.9. The molecule has 3 aliphatic rings. The molecule has 0 N–H and O–H groups in total. The molecule has 2 aromatic rings. The van der Waals surface area contributed by atoms with E-state index in [0.717, 1.165) is 41.0 Å². The number of rotatable bonds is 4. The number of aromatic nitrogens is 2. The van der Waals surface area contributed by atoms with E-state index in [9.17, 15) is 8.78 Å². The molecule has 5 rings (SSSR count). The van der Waals surface area contributed by atoms with Crippen LogP contribution in [0.25, 0.3) is 11.1 Å². The van der Waals surface area contributed by atoms with Gasteiger partial charge in [-0.15, -0.1) is 0 Å². The van der Waals surface area contributed by atoms with Gasteiger partial charge < -0.3 is 9.64 Å². The summed E-state index contributed by atoms with van der Waals surface area (Å²) in [5, 5.41) is 4.50. The lowest BCUT2D eigenvalue weighted by Crippen LogP contribution is -2.43. The third-order valence-corrected chi connectivity index (χ3v) is 6.26. The van der Waals surface area contributed by atoms with Gasteiger partial charge in [0.15, 0.2) is 0 Å². The first-order valence-corrected chi connectivity index (χ1v) is 9.89. The quantitative estimate of drug-likeness (QED) is 0.769. The zero-order valence-corrected chi connectivity index (χ0v) is 15.8. The van der Waals surface area contributed by atoms with Crippen LogP contribution in [0.1, 0.15) is 50.6 Å². The van der Waals surface area contributed by atoms with Crippen molar-refractivity contribution in [1.29, 1.82) is 0 Å². The van der Waals surface area contributed by atoms with Gasteiger partial charge in [0, 0.05) is 54.5 Å². The maximum atomic E-state index is 13.4. The lowest BCUT2D eigenvalue weighted by molar-refractivity contribution is -0.134. The minimum atomic E-state index is -2.58. The van der Waals surface area contributed by atoms with Crippen LogP contribution in [0.2, 0.25) is 0 Å². The molecular formula is C21H25F2N3O. The van der Waals surface area contributed by atoms with Gasteiger partial charge in [-0.2, -0.15) is 5.10 Å². The standard InChI is InChI=1S/C21H25F2N3O/c1-13-3-6-18-19(25(13)2)8-7-17(14-11-24-26(12-14)15-4-5-15)20(18)27-16-9-21(22,23)10-16/h7-8,11-13,15-16H,3-6,9-10H2,1-2H3. The Morgan fingerprint density at radius 2 is 1.96 bits per heavy atom. The summed E-state index contributed by atoms with van der Waals surface area (Å²) in [4.78, 5) is 2.26. The van der Waals surface area contributed by atoms with Gasteiger partial charge in [-0.3, -0.25) is 4.68 Å². The molecule has 0 amide bonds. The highest BCUT2D eigenvalue weighted by molar-refractivity contribution is 5.77. The number of hydrogen-bond donors (Lipinski definition) is 0. The van der Waals surface area contributed by atoms with E-state index in [1.165, 1.54) is 12.8 Å². The zero-order valence-electron chi connectivity index (χ0n) is 15.8. The molecule has 1 aromatic carbocycles. The number of anilines is 1. The van der Waals surface area contributed by atoms with E-state index >= 15 is 0 Å². The number of hydrogen-bond acceptors (Lipinski definition) is 3. The van der Waals surface area contributed by atoms with Gasteiger partial charge >= 0.3 is 0 Å². The van der Waals surface area contributed by atoms with Crippen molar-refractivity contribution in [2.24, 2.45) is 0 Å². The van der Waals surface area contributed by atoms with Crippen LogP contribution in [-0.4, -0.2) is 34.9 Å². The predicted octanol–water partition coefficient (Wildman–Crippen LogP) is 4.83. The largest absolute Gasteiger partial charge is 0.489 e. The molecule has 1 aliphatic heterocycles. The molecule has 4 nitrogen and oxygen atoms in total. The van der Waals surface area contributed by atoms with Gasteiger partial charge in [0.2, 0.25) is 0 Å². The van der Waals surface area contributed by atoms with Gasteiger partial charge in [-0.1, -0.05) is 0 Å². The van der Waals surface area contributed by atoms with E-state index in [4.69, 9.17) is 4.74 Å². The number of alkyl halides is 2. The van der Waals surface area contributed by atoms with Gasteiger partial charge in [-0.25, -0.2) is 8.78 Å². The SMILES string of the molecule is CC1CCc2c(ccc(-c3cnn(C4CC4)c3)c2OC2CC(F)(F)C2)N1C. The lowest BCUT2D eigenvalue weighted by atomic mass is 9.89.